The van der Waals surface area contributed by atoms with Crippen molar-refractivity contribution in [2.75, 3.05) is 24.6 Å². The zero-order valence-electron chi connectivity index (χ0n) is 14.7. The van der Waals surface area contributed by atoms with Crippen molar-refractivity contribution in [1.82, 2.24) is 25.2 Å². The van der Waals surface area contributed by atoms with E-state index < -0.39 is 0 Å². The molecule has 3 heterocycles. The van der Waals surface area contributed by atoms with Crippen LogP contribution in [0, 0.1) is 12.8 Å². The van der Waals surface area contributed by atoms with Gasteiger partial charge < -0.3 is 9.64 Å². The summed E-state index contributed by atoms with van der Waals surface area (Å²) in [5, 5.41) is 12.3. The molecule has 24 heavy (non-hydrogen) atoms. The Morgan fingerprint density at radius 3 is 3.00 bits per heavy atom. The Balaban J connectivity index is 1.69. The van der Waals surface area contributed by atoms with Crippen LogP contribution in [0.25, 0.3) is 0 Å². The Morgan fingerprint density at radius 2 is 2.21 bits per heavy atom. The molecule has 1 atom stereocenters. The van der Waals surface area contributed by atoms with Crippen molar-refractivity contribution in [3.05, 3.63) is 29.6 Å². The summed E-state index contributed by atoms with van der Waals surface area (Å²) in [6.07, 6.45) is 2.03. The molecule has 0 N–H and O–H groups in total. The van der Waals surface area contributed by atoms with E-state index in [1.807, 2.05) is 29.8 Å². The molecule has 1 saturated heterocycles. The first-order valence-electron chi connectivity index (χ1n) is 8.68. The van der Waals surface area contributed by atoms with Gasteiger partial charge in [-0.1, -0.05) is 25.0 Å². The van der Waals surface area contributed by atoms with Crippen LogP contribution in [0.3, 0.4) is 0 Å². The van der Waals surface area contributed by atoms with E-state index in [9.17, 15) is 0 Å². The molecule has 1 aliphatic heterocycles. The topological polar surface area (TPSA) is 69.0 Å². The number of hydrogen-bond donors (Lipinski definition) is 0. The average Bonchev–Trinajstić information content (AvgIpc) is 2.88. The van der Waals surface area contributed by atoms with E-state index in [-0.39, 0.29) is 6.10 Å². The minimum atomic E-state index is 0.219. The fraction of sp³-hybridized carbons (Fsp3) is 0.647. The van der Waals surface area contributed by atoms with Gasteiger partial charge in [0.15, 0.2) is 0 Å². The Hall–Kier alpha value is -2.02. The number of nitrogens with zero attached hydrogens (tertiary/aromatic N) is 6. The van der Waals surface area contributed by atoms with Gasteiger partial charge in [-0.15, -0.1) is 0 Å². The van der Waals surface area contributed by atoms with Crippen LogP contribution in [0.1, 0.15) is 31.7 Å². The van der Waals surface area contributed by atoms with Crippen LogP contribution in [0.4, 0.5) is 5.95 Å². The monoisotopic (exact) mass is 330 g/mol. The summed E-state index contributed by atoms with van der Waals surface area (Å²) in [6, 6.07) is 6.10. The van der Waals surface area contributed by atoms with Gasteiger partial charge in [0.1, 0.15) is 0 Å². The lowest BCUT2D eigenvalue weighted by Gasteiger charge is -2.26. The SMILES string of the molecule is Cc1cccc(CCn2nnnc2N2CCCOC(C(C)C)C2)n1. The van der Waals surface area contributed by atoms with Crippen LogP contribution in [0.2, 0.25) is 0 Å². The van der Waals surface area contributed by atoms with Crippen molar-refractivity contribution in [2.45, 2.75) is 46.3 Å². The number of aryl methyl sites for hydroxylation is 3. The van der Waals surface area contributed by atoms with Crippen LogP contribution in [0.15, 0.2) is 18.2 Å². The Kier molecular flexibility index (Phi) is 5.40. The van der Waals surface area contributed by atoms with E-state index in [1.54, 1.807) is 0 Å². The molecule has 0 bridgehead atoms. The van der Waals surface area contributed by atoms with Gasteiger partial charge in [-0.3, -0.25) is 4.98 Å². The molecule has 0 spiro atoms. The summed E-state index contributed by atoms with van der Waals surface area (Å²) in [6.45, 7) is 9.68. The second kappa shape index (κ2) is 7.70. The Morgan fingerprint density at radius 1 is 1.33 bits per heavy atom. The zero-order chi connectivity index (χ0) is 16.9. The molecule has 3 rings (SSSR count). The van der Waals surface area contributed by atoms with Crippen LogP contribution in [0.5, 0.6) is 0 Å². The maximum atomic E-state index is 5.95. The van der Waals surface area contributed by atoms with Gasteiger partial charge in [0.2, 0.25) is 5.95 Å². The molecule has 0 aliphatic carbocycles. The molecule has 1 aliphatic rings. The smallest absolute Gasteiger partial charge is 0.245 e. The van der Waals surface area contributed by atoms with Crippen LogP contribution in [-0.2, 0) is 17.7 Å². The number of aromatic nitrogens is 5. The number of hydrogen-bond acceptors (Lipinski definition) is 6. The summed E-state index contributed by atoms with van der Waals surface area (Å²) >= 11 is 0. The van der Waals surface area contributed by atoms with Crippen molar-refractivity contribution in [2.24, 2.45) is 5.92 Å². The Bertz CT molecular complexity index is 656. The molecule has 1 fully saturated rings. The highest BCUT2D eigenvalue weighted by molar-refractivity contribution is 5.28. The first-order chi connectivity index (χ1) is 11.6. The summed E-state index contributed by atoms with van der Waals surface area (Å²) in [5.41, 5.74) is 2.10. The average molecular weight is 330 g/mol. The highest BCUT2D eigenvalue weighted by atomic mass is 16.5. The summed E-state index contributed by atoms with van der Waals surface area (Å²) in [4.78, 5) is 6.80. The summed E-state index contributed by atoms with van der Waals surface area (Å²) in [7, 11) is 0. The van der Waals surface area contributed by atoms with Gasteiger partial charge in [-0.05, 0) is 41.8 Å². The fourth-order valence-corrected chi connectivity index (χ4v) is 2.97. The van der Waals surface area contributed by atoms with Crippen LogP contribution in [-0.4, -0.2) is 51.0 Å². The minimum absolute atomic E-state index is 0.219. The van der Waals surface area contributed by atoms with Crippen molar-refractivity contribution in [3.8, 4) is 0 Å². The third-order valence-corrected chi connectivity index (χ3v) is 4.37. The summed E-state index contributed by atoms with van der Waals surface area (Å²) in [5.74, 6) is 1.31. The van der Waals surface area contributed by atoms with Gasteiger partial charge in [-0.2, -0.15) is 0 Å². The molecule has 0 amide bonds. The third-order valence-electron chi connectivity index (χ3n) is 4.37. The number of rotatable bonds is 5. The quantitative estimate of drug-likeness (QED) is 0.834. The molecule has 130 valence electrons. The van der Waals surface area contributed by atoms with Crippen LogP contribution < -0.4 is 4.90 Å². The predicted octanol–water partition coefficient (Wildman–Crippen LogP) is 1.87. The van der Waals surface area contributed by atoms with Crippen molar-refractivity contribution in [3.63, 3.8) is 0 Å². The fourth-order valence-electron chi connectivity index (χ4n) is 2.97. The zero-order valence-corrected chi connectivity index (χ0v) is 14.7. The molecule has 0 radical (unpaired) electrons. The second-order valence-electron chi connectivity index (χ2n) is 6.68. The van der Waals surface area contributed by atoms with E-state index in [4.69, 9.17) is 4.74 Å². The lowest BCUT2D eigenvalue weighted by atomic mass is 10.1. The van der Waals surface area contributed by atoms with Gasteiger partial charge in [-0.25, -0.2) is 4.68 Å². The molecular weight excluding hydrogens is 304 g/mol. The number of anilines is 1. The van der Waals surface area contributed by atoms with E-state index >= 15 is 0 Å². The molecule has 0 saturated carbocycles. The van der Waals surface area contributed by atoms with Crippen molar-refractivity contribution < 1.29 is 4.74 Å². The molecular formula is C17H26N6O. The second-order valence-corrected chi connectivity index (χ2v) is 6.68. The number of ether oxygens (including phenoxy) is 1. The molecule has 2 aromatic rings. The van der Waals surface area contributed by atoms with Crippen LogP contribution >= 0.6 is 0 Å². The Labute approximate surface area is 143 Å². The van der Waals surface area contributed by atoms with E-state index in [0.29, 0.717) is 5.92 Å². The molecule has 0 aromatic carbocycles. The largest absolute Gasteiger partial charge is 0.376 e. The minimum Gasteiger partial charge on any atom is -0.376 e. The highest BCUT2D eigenvalue weighted by Crippen LogP contribution is 2.18. The summed E-state index contributed by atoms with van der Waals surface area (Å²) < 4.78 is 7.83. The van der Waals surface area contributed by atoms with Gasteiger partial charge in [0.25, 0.3) is 0 Å². The molecule has 7 nitrogen and oxygen atoms in total. The number of tetrazole rings is 1. The maximum absolute atomic E-state index is 5.95. The maximum Gasteiger partial charge on any atom is 0.245 e. The van der Waals surface area contributed by atoms with Crippen molar-refractivity contribution in [1.29, 1.82) is 0 Å². The van der Waals surface area contributed by atoms with E-state index in [1.165, 1.54) is 0 Å². The number of pyridine rings is 1. The van der Waals surface area contributed by atoms with Gasteiger partial charge in [0, 0.05) is 37.5 Å². The standard InChI is InChI=1S/C17H26N6O/c1-13(2)16-12-22(9-5-11-24-16)17-19-20-21-23(17)10-8-15-7-4-6-14(3)18-15/h4,6-7,13,16H,5,8-12H2,1-3H3. The third kappa shape index (κ3) is 4.08. The predicted molar refractivity (Wildman–Crippen MR) is 91.9 cm³/mol. The molecule has 7 heteroatoms. The van der Waals surface area contributed by atoms with Gasteiger partial charge >= 0.3 is 0 Å². The normalized spacial score (nSPS) is 18.8. The van der Waals surface area contributed by atoms with Gasteiger partial charge in [0.05, 0.1) is 12.6 Å². The first-order valence-corrected chi connectivity index (χ1v) is 8.68. The first kappa shape index (κ1) is 16.8. The lowest BCUT2D eigenvalue weighted by molar-refractivity contribution is 0.0374. The lowest BCUT2D eigenvalue weighted by Crippen LogP contribution is -2.36. The molecule has 1 unspecified atom stereocenters. The highest BCUT2D eigenvalue weighted by Gasteiger charge is 2.24. The molecule has 2 aromatic heterocycles. The van der Waals surface area contributed by atoms with E-state index in [2.05, 4.69) is 39.3 Å². The van der Waals surface area contributed by atoms with E-state index in [0.717, 1.165) is 56.4 Å². The van der Waals surface area contributed by atoms with Crippen molar-refractivity contribution >= 4 is 5.95 Å².